The third-order valence-corrected chi connectivity index (χ3v) is 3.58. The van der Waals surface area contributed by atoms with Crippen molar-refractivity contribution in [3.05, 3.63) is 39.4 Å². The molecule has 1 aliphatic carbocycles. The zero-order chi connectivity index (χ0) is 18.3. The molecule has 0 aromatic heterocycles. The fourth-order valence-electron chi connectivity index (χ4n) is 2.17. The molecule has 0 aliphatic heterocycles. The lowest BCUT2D eigenvalue weighted by molar-refractivity contribution is -0.390. The number of hydrogen-bond acceptors (Lipinski definition) is 4. The smallest absolute Gasteiger partial charge is 0.299 e. The first-order valence-corrected chi connectivity index (χ1v) is 6.75. The minimum Gasteiger partial charge on any atom is -0.299 e. The number of alkyl halides is 5. The van der Waals surface area contributed by atoms with Gasteiger partial charge in [-0.05, 0) is 25.0 Å². The van der Waals surface area contributed by atoms with Crippen molar-refractivity contribution >= 4 is 17.3 Å². The van der Waals surface area contributed by atoms with Crippen molar-refractivity contribution in [3.8, 4) is 0 Å². The Morgan fingerprint density at radius 1 is 1.17 bits per heavy atom. The Morgan fingerprint density at radius 3 is 2.21 bits per heavy atom. The summed E-state index contributed by atoms with van der Waals surface area (Å²) in [7, 11) is 0. The summed E-state index contributed by atoms with van der Waals surface area (Å²) >= 11 is 0. The molecule has 10 heteroatoms. The number of ketones is 2. The van der Waals surface area contributed by atoms with Crippen LogP contribution < -0.4 is 0 Å². The van der Waals surface area contributed by atoms with E-state index < -0.39 is 51.8 Å². The maximum atomic E-state index is 13.5. The molecular weight excluding hydrogens is 341 g/mol. The molecule has 1 saturated carbocycles. The molecule has 0 N–H and O–H groups in total. The summed E-state index contributed by atoms with van der Waals surface area (Å²) in [5.41, 5.74) is -4.49. The quantitative estimate of drug-likeness (QED) is 0.257. The Kier molecular flexibility index (Phi) is 4.42. The molecule has 0 radical (unpaired) electrons. The number of nitro groups is 1. The van der Waals surface area contributed by atoms with Gasteiger partial charge in [-0.2, -0.15) is 22.0 Å². The van der Waals surface area contributed by atoms with E-state index in [0.717, 1.165) is 6.07 Å². The van der Waals surface area contributed by atoms with Gasteiger partial charge < -0.3 is 0 Å². The molecule has 0 atom stereocenters. The maximum Gasteiger partial charge on any atom is 0.458 e. The molecule has 5 nitrogen and oxygen atoms in total. The molecule has 24 heavy (non-hydrogen) atoms. The van der Waals surface area contributed by atoms with Crippen LogP contribution in [0, 0.1) is 16.0 Å². The number of benzene rings is 1. The Hall–Kier alpha value is -2.39. The van der Waals surface area contributed by atoms with Gasteiger partial charge in [-0.3, -0.25) is 19.7 Å². The second-order valence-corrected chi connectivity index (χ2v) is 5.37. The average molecular weight is 351 g/mol. The molecule has 0 bridgehead atoms. The topological polar surface area (TPSA) is 77.3 Å². The standard InChI is InChI=1S/C14H10F5NO4/c15-13(16,14(17,18)19)9-3-1-2-8(12(9)20(23)24)11(22)6-10(21)7-4-5-7/h1-3,7H,4-6H2. The molecule has 0 unspecified atom stereocenters. The second-order valence-electron chi connectivity index (χ2n) is 5.37. The predicted octanol–water partition coefficient (Wildman–Crippen LogP) is 3.80. The number of nitro benzene ring substituents is 1. The van der Waals surface area contributed by atoms with Crippen LogP contribution in [0.5, 0.6) is 0 Å². The molecule has 1 aliphatic rings. The minimum absolute atomic E-state index is 0.241. The molecule has 2 rings (SSSR count). The van der Waals surface area contributed by atoms with Gasteiger partial charge in [-0.1, -0.05) is 6.07 Å². The Bertz CT molecular complexity index is 710. The molecule has 0 saturated heterocycles. The van der Waals surface area contributed by atoms with Crippen LogP contribution in [0.25, 0.3) is 0 Å². The van der Waals surface area contributed by atoms with Crippen LogP contribution in [-0.2, 0) is 10.7 Å². The van der Waals surface area contributed by atoms with Gasteiger partial charge in [-0.25, -0.2) is 0 Å². The highest BCUT2D eigenvalue weighted by molar-refractivity contribution is 6.11. The molecule has 130 valence electrons. The third kappa shape index (κ3) is 3.26. The van der Waals surface area contributed by atoms with E-state index in [2.05, 4.69) is 0 Å². The molecule has 0 heterocycles. The number of hydrogen-bond donors (Lipinski definition) is 0. The van der Waals surface area contributed by atoms with Gasteiger partial charge in [0.2, 0.25) is 0 Å². The average Bonchev–Trinajstić information content (AvgIpc) is 3.29. The first-order valence-electron chi connectivity index (χ1n) is 6.75. The minimum atomic E-state index is -6.07. The third-order valence-electron chi connectivity index (χ3n) is 3.58. The van der Waals surface area contributed by atoms with E-state index in [9.17, 15) is 41.7 Å². The zero-order valence-corrected chi connectivity index (χ0v) is 11.9. The van der Waals surface area contributed by atoms with Gasteiger partial charge in [-0.15, -0.1) is 0 Å². The lowest BCUT2D eigenvalue weighted by atomic mass is 9.96. The molecule has 1 fully saturated rings. The van der Waals surface area contributed by atoms with Crippen LogP contribution in [0.4, 0.5) is 27.6 Å². The fraction of sp³-hybridized carbons (Fsp3) is 0.429. The van der Waals surface area contributed by atoms with Crippen molar-refractivity contribution in [3.63, 3.8) is 0 Å². The van der Waals surface area contributed by atoms with E-state index in [4.69, 9.17) is 0 Å². The van der Waals surface area contributed by atoms with E-state index in [0.29, 0.717) is 18.9 Å². The van der Waals surface area contributed by atoms with Crippen molar-refractivity contribution in [1.29, 1.82) is 0 Å². The Morgan fingerprint density at radius 2 is 1.75 bits per heavy atom. The number of Topliss-reactive ketones (excluding diaryl/α,β-unsaturated/α-hetero) is 2. The lowest BCUT2D eigenvalue weighted by Crippen LogP contribution is -2.34. The van der Waals surface area contributed by atoms with Crippen LogP contribution in [0.1, 0.15) is 35.2 Å². The van der Waals surface area contributed by atoms with Crippen molar-refractivity contribution in [2.24, 2.45) is 5.92 Å². The molecular formula is C14H10F5NO4. The van der Waals surface area contributed by atoms with Crippen molar-refractivity contribution in [1.82, 2.24) is 0 Å². The van der Waals surface area contributed by atoms with E-state index in [1.807, 2.05) is 0 Å². The summed E-state index contributed by atoms with van der Waals surface area (Å²) in [5, 5.41) is 11.0. The first-order chi connectivity index (χ1) is 11.0. The van der Waals surface area contributed by atoms with Crippen LogP contribution in [-0.4, -0.2) is 22.7 Å². The van der Waals surface area contributed by atoms with Crippen LogP contribution in [0.3, 0.4) is 0 Å². The lowest BCUT2D eigenvalue weighted by Gasteiger charge is -2.20. The number of nitrogens with zero attached hydrogens (tertiary/aromatic N) is 1. The molecule has 0 amide bonds. The predicted molar refractivity (Wildman–Crippen MR) is 69.7 cm³/mol. The van der Waals surface area contributed by atoms with Gasteiger partial charge in [0.25, 0.3) is 5.69 Å². The molecule has 1 aromatic carbocycles. The monoisotopic (exact) mass is 351 g/mol. The van der Waals surface area contributed by atoms with E-state index in [1.54, 1.807) is 0 Å². The van der Waals surface area contributed by atoms with Crippen LogP contribution >= 0.6 is 0 Å². The fourth-order valence-corrected chi connectivity index (χ4v) is 2.17. The highest BCUT2D eigenvalue weighted by Gasteiger charge is 2.61. The number of carbonyl (C=O) groups excluding carboxylic acids is 2. The molecule has 0 spiro atoms. The Balaban J connectivity index is 2.50. The van der Waals surface area contributed by atoms with Crippen molar-refractivity contribution in [2.45, 2.75) is 31.4 Å². The maximum absolute atomic E-state index is 13.5. The molecule has 1 aromatic rings. The van der Waals surface area contributed by atoms with Gasteiger partial charge in [0.15, 0.2) is 5.78 Å². The summed E-state index contributed by atoms with van der Waals surface area (Å²) < 4.78 is 64.6. The van der Waals surface area contributed by atoms with Gasteiger partial charge >= 0.3 is 12.1 Å². The van der Waals surface area contributed by atoms with Crippen molar-refractivity contribution < 1.29 is 36.5 Å². The number of carbonyl (C=O) groups is 2. The first kappa shape index (κ1) is 18.0. The van der Waals surface area contributed by atoms with Crippen LogP contribution in [0.15, 0.2) is 18.2 Å². The normalized spacial score (nSPS) is 15.2. The highest BCUT2D eigenvalue weighted by Crippen LogP contribution is 2.47. The number of para-hydroxylation sites is 1. The largest absolute Gasteiger partial charge is 0.458 e. The summed E-state index contributed by atoms with van der Waals surface area (Å²) in [4.78, 5) is 33.1. The number of halogens is 5. The van der Waals surface area contributed by atoms with Gasteiger partial charge in [0.1, 0.15) is 11.3 Å². The summed E-state index contributed by atoms with van der Waals surface area (Å²) in [6.07, 6.45) is -5.73. The van der Waals surface area contributed by atoms with Gasteiger partial charge in [0, 0.05) is 5.92 Å². The Labute approximate surface area is 131 Å². The zero-order valence-electron chi connectivity index (χ0n) is 11.9. The summed E-state index contributed by atoms with van der Waals surface area (Å²) in [5.74, 6) is -7.53. The van der Waals surface area contributed by atoms with Crippen molar-refractivity contribution in [2.75, 3.05) is 0 Å². The van der Waals surface area contributed by atoms with E-state index >= 15 is 0 Å². The highest BCUT2D eigenvalue weighted by atomic mass is 19.4. The van der Waals surface area contributed by atoms with E-state index in [1.165, 1.54) is 0 Å². The van der Waals surface area contributed by atoms with E-state index in [-0.39, 0.29) is 12.0 Å². The number of rotatable bonds is 6. The van der Waals surface area contributed by atoms with Gasteiger partial charge in [0.05, 0.1) is 16.9 Å². The SMILES string of the molecule is O=C(CC(=O)C1CC1)c1cccc(C(F)(F)C(F)(F)F)c1[N+](=O)[O-]. The second kappa shape index (κ2) is 5.91. The summed E-state index contributed by atoms with van der Waals surface area (Å²) in [6, 6.07) is 1.69. The summed E-state index contributed by atoms with van der Waals surface area (Å²) in [6.45, 7) is 0. The van der Waals surface area contributed by atoms with Crippen LogP contribution in [0.2, 0.25) is 0 Å².